The number of rotatable bonds is 4. The third-order valence-corrected chi connectivity index (χ3v) is 5.05. The molecule has 0 fully saturated rings. The molecule has 5 rings (SSSR count). The van der Waals surface area contributed by atoms with Crippen LogP contribution >= 0.6 is 0 Å². The molecule has 2 aromatic carbocycles. The number of nitrogens with one attached hydrogen (secondary N) is 3. The molecule has 3 heterocycles. The monoisotopic (exact) mass is 430 g/mol. The molecule has 0 bridgehead atoms. The van der Waals surface area contributed by atoms with Crippen molar-refractivity contribution in [1.82, 2.24) is 25.1 Å². The average Bonchev–Trinajstić information content (AvgIpc) is 3.18. The number of carbonyl (C=O) groups is 1. The van der Waals surface area contributed by atoms with Crippen molar-refractivity contribution in [3.63, 3.8) is 0 Å². The highest BCUT2D eigenvalue weighted by atomic mass is 19.1. The predicted octanol–water partition coefficient (Wildman–Crippen LogP) is 3.68. The lowest BCUT2D eigenvalue weighted by atomic mass is 9.99. The van der Waals surface area contributed by atoms with Gasteiger partial charge in [0.1, 0.15) is 5.82 Å². The van der Waals surface area contributed by atoms with Crippen LogP contribution in [0.15, 0.2) is 59.5 Å². The maximum atomic E-state index is 14.7. The van der Waals surface area contributed by atoms with E-state index in [1.807, 2.05) is 12.1 Å². The minimum atomic E-state index is -1.26. The molecule has 0 saturated carbocycles. The van der Waals surface area contributed by atoms with Crippen molar-refractivity contribution in [2.75, 3.05) is 5.32 Å². The van der Waals surface area contributed by atoms with Gasteiger partial charge in [-0.3, -0.25) is 10.1 Å². The summed E-state index contributed by atoms with van der Waals surface area (Å²) in [4.78, 5) is 33.8. The van der Waals surface area contributed by atoms with Crippen molar-refractivity contribution >= 4 is 34.0 Å². The van der Waals surface area contributed by atoms with Crippen LogP contribution in [0.3, 0.4) is 0 Å². The van der Waals surface area contributed by atoms with Gasteiger partial charge >= 0.3 is 6.09 Å². The predicted molar refractivity (Wildman–Crippen MR) is 116 cm³/mol. The highest BCUT2D eigenvalue weighted by Gasteiger charge is 2.13. The minimum absolute atomic E-state index is 0.0300. The average molecular weight is 430 g/mol. The van der Waals surface area contributed by atoms with Gasteiger partial charge in [0, 0.05) is 29.1 Å². The number of amides is 1. The molecule has 0 atom stereocenters. The van der Waals surface area contributed by atoms with Crippen LogP contribution in [0.4, 0.5) is 15.1 Å². The maximum absolute atomic E-state index is 14.7. The van der Waals surface area contributed by atoms with Crippen LogP contribution < -0.4 is 10.9 Å². The molecule has 32 heavy (non-hydrogen) atoms. The van der Waals surface area contributed by atoms with E-state index in [0.717, 1.165) is 10.9 Å². The van der Waals surface area contributed by atoms with Gasteiger partial charge in [0.05, 0.1) is 16.6 Å². The highest BCUT2D eigenvalue weighted by molar-refractivity contribution is 5.86. The molecular weight excluding hydrogens is 415 g/mol. The molecule has 10 heteroatoms. The Morgan fingerprint density at radius 1 is 1.12 bits per heavy atom. The van der Waals surface area contributed by atoms with E-state index >= 15 is 0 Å². The van der Waals surface area contributed by atoms with Gasteiger partial charge in [0.25, 0.3) is 5.56 Å². The fourth-order valence-electron chi connectivity index (χ4n) is 3.61. The van der Waals surface area contributed by atoms with Crippen LogP contribution in [0, 0.1) is 5.82 Å². The first kappa shape index (κ1) is 19.4. The van der Waals surface area contributed by atoms with Crippen molar-refractivity contribution in [3.8, 4) is 11.1 Å². The largest absolute Gasteiger partial charge is 0.465 e. The lowest BCUT2D eigenvalue weighted by Crippen LogP contribution is -2.11. The maximum Gasteiger partial charge on any atom is 0.411 e. The summed E-state index contributed by atoms with van der Waals surface area (Å²) >= 11 is 0. The molecule has 9 nitrogen and oxygen atoms in total. The standard InChI is InChI=1S/C22H15FN6O3/c23-16-6-5-11(8-17-13-3-1-2-4-14(13)20(30)29-28-17)7-15(16)12-9-18-19(24-10-12)26-21(25-18)27-22(31)32/h1-7,9-10H,8H2,(H,29,30)(H,31,32)(H2,24,25,26,27). The number of anilines is 1. The van der Waals surface area contributed by atoms with Crippen molar-refractivity contribution in [2.24, 2.45) is 0 Å². The molecule has 0 spiro atoms. The number of aromatic nitrogens is 5. The van der Waals surface area contributed by atoms with E-state index in [4.69, 9.17) is 5.11 Å². The number of imidazole rings is 1. The lowest BCUT2D eigenvalue weighted by Gasteiger charge is -2.08. The number of pyridine rings is 1. The Labute approximate surface area is 179 Å². The summed E-state index contributed by atoms with van der Waals surface area (Å²) in [7, 11) is 0. The molecule has 4 N–H and O–H groups in total. The molecule has 0 unspecified atom stereocenters. The van der Waals surface area contributed by atoms with Gasteiger partial charge in [0.2, 0.25) is 5.95 Å². The Kier molecular flexibility index (Phi) is 4.59. The number of H-pyrrole nitrogens is 2. The summed E-state index contributed by atoms with van der Waals surface area (Å²) in [6.45, 7) is 0. The number of aromatic amines is 2. The lowest BCUT2D eigenvalue weighted by molar-refractivity contribution is 0.209. The summed E-state index contributed by atoms with van der Waals surface area (Å²) in [5, 5.41) is 18.9. The molecule has 0 aliphatic rings. The number of benzene rings is 2. The van der Waals surface area contributed by atoms with E-state index in [0.29, 0.717) is 39.8 Å². The fraction of sp³-hybridized carbons (Fsp3) is 0.0455. The number of hydrogen-bond donors (Lipinski definition) is 4. The van der Waals surface area contributed by atoms with E-state index in [1.54, 1.807) is 30.3 Å². The quantitative estimate of drug-likeness (QED) is 0.343. The molecule has 0 radical (unpaired) electrons. The Balaban J connectivity index is 1.53. The summed E-state index contributed by atoms with van der Waals surface area (Å²) in [6.07, 6.45) is 0.604. The topological polar surface area (TPSA) is 137 Å². The Morgan fingerprint density at radius 2 is 1.94 bits per heavy atom. The molecule has 5 aromatic rings. The molecule has 3 aromatic heterocycles. The zero-order valence-electron chi connectivity index (χ0n) is 16.4. The SMILES string of the molecule is O=C(O)Nc1nc2ncc(-c3cc(Cc4n[nH]c(=O)c5ccccc45)ccc3F)cc2[nH]1. The molecule has 158 valence electrons. The normalized spacial score (nSPS) is 11.2. The number of hydrogen-bond acceptors (Lipinski definition) is 5. The van der Waals surface area contributed by atoms with E-state index in [2.05, 4.69) is 30.5 Å². The van der Waals surface area contributed by atoms with E-state index < -0.39 is 11.9 Å². The van der Waals surface area contributed by atoms with Gasteiger partial charge in [-0.25, -0.2) is 19.3 Å². The third kappa shape index (κ3) is 3.54. The van der Waals surface area contributed by atoms with E-state index in [1.165, 1.54) is 12.3 Å². The second kappa shape index (κ2) is 7.58. The number of halogens is 1. The fourth-order valence-corrected chi connectivity index (χ4v) is 3.61. The molecular formula is C22H15FN6O3. The second-order valence-electron chi connectivity index (χ2n) is 7.15. The first-order chi connectivity index (χ1) is 15.5. The van der Waals surface area contributed by atoms with Crippen LogP contribution in [-0.4, -0.2) is 36.3 Å². The van der Waals surface area contributed by atoms with Crippen LogP contribution in [0.25, 0.3) is 33.1 Å². The number of carboxylic acid groups (broad SMARTS) is 1. The summed E-state index contributed by atoms with van der Waals surface area (Å²) in [6, 6.07) is 13.6. The smallest absolute Gasteiger partial charge is 0.411 e. The molecule has 0 aliphatic heterocycles. The van der Waals surface area contributed by atoms with Crippen molar-refractivity contribution in [3.05, 3.63) is 82.2 Å². The van der Waals surface area contributed by atoms with Gasteiger partial charge in [-0.2, -0.15) is 10.1 Å². The molecule has 0 aliphatic carbocycles. The molecule has 0 saturated heterocycles. The Morgan fingerprint density at radius 3 is 2.75 bits per heavy atom. The Hall–Kier alpha value is -4.60. The van der Waals surface area contributed by atoms with Gasteiger partial charge in [0.15, 0.2) is 5.65 Å². The third-order valence-electron chi connectivity index (χ3n) is 5.05. The van der Waals surface area contributed by atoms with Crippen LogP contribution in [0.2, 0.25) is 0 Å². The highest BCUT2D eigenvalue weighted by Crippen LogP contribution is 2.27. The summed E-state index contributed by atoms with van der Waals surface area (Å²) in [5.41, 5.74) is 2.80. The number of nitrogens with zero attached hydrogens (tertiary/aromatic N) is 3. The summed E-state index contributed by atoms with van der Waals surface area (Å²) in [5.74, 6) is -0.403. The number of fused-ring (bicyclic) bond motifs is 2. The van der Waals surface area contributed by atoms with Gasteiger partial charge in [-0.05, 0) is 29.8 Å². The van der Waals surface area contributed by atoms with Crippen molar-refractivity contribution < 1.29 is 14.3 Å². The van der Waals surface area contributed by atoms with Crippen molar-refractivity contribution in [2.45, 2.75) is 6.42 Å². The van der Waals surface area contributed by atoms with E-state index in [-0.39, 0.29) is 11.5 Å². The Bertz CT molecular complexity index is 1560. The first-order valence-electron chi connectivity index (χ1n) is 9.59. The van der Waals surface area contributed by atoms with Gasteiger partial charge in [-0.1, -0.05) is 24.3 Å². The van der Waals surface area contributed by atoms with Crippen LogP contribution in [0.1, 0.15) is 11.3 Å². The minimum Gasteiger partial charge on any atom is -0.465 e. The zero-order valence-corrected chi connectivity index (χ0v) is 16.4. The van der Waals surface area contributed by atoms with Crippen molar-refractivity contribution in [1.29, 1.82) is 0 Å². The summed E-state index contributed by atoms with van der Waals surface area (Å²) < 4.78 is 14.7. The first-order valence-corrected chi connectivity index (χ1v) is 9.59. The van der Waals surface area contributed by atoms with E-state index in [9.17, 15) is 14.0 Å². The van der Waals surface area contributed by atoms with Gasteiger partial charge in [-0.15, -0.1) is 0 Å². The van der Waals surface area contributed by atoms with Gasteiger partial charge < -0.3 is 10.1 Å². The van der Waals surface area contributed by atoms with Crippen LogP contribution in [-0.2, 0) is 6.42 Å². The second-order valence-corrected chi connectivity index (χ2v) is 7.15. The zero-order chi connectivity index (χ0) is 22.2. The van der Waals surface area contributed by atoms with Crippen LogP contribution in [0.5, 0.6) is 0 Å². The molecule has 1 amide bonds.